The molecular weight excluding hydrogens is 220 g/mol. The lowest BCUT2D eigenvalue weighted by atomic mass is 10.1. The Hall–Kier alpha value is -1.41. The summed E-state index contributed by atoms with van der Waals surface area (Å²) < 4.78 is 0. The molecule has 2 atom stereocenters. The minimum absolute atomic E-state index is 0.849. The molecule has 0 N–H and O–H groups in total. The second kappa shape index (κ2) is 4.06. The summed E-state index contributed by atoms with van der Waals surface area (Å²) in [4.78, 5) is 7.12. The Morgan fingerprint density at radius 2 is 2.11 bits per heavy atom. The summed E-state index contributed by atoms with van der Waals surface area (Å²) in [5.41, 5.74) is 2.56. The van der Waals surface area contributed by atoms with Crippen LogP contribution in [-0.4, -0.2) is 22.5 Å². The summed E-state index contributed by atoms with van der Waals surface area (Å²) in [6.07, 6.45) is 6.25. The van der Waals surface area contributed by atoms with Crippen LogP contribution in [0.5, 0.6) is 0 Å². The Balaban J connectivity index is 1.67. The molecule has 0 spiro atoms. The van der Waals surface area contributed by atoms with E-state index in [1.54, 1.807) is 0 Å². The van der Waals surface area contributed by atoms with Crippen LogP contribution in [0.15, 0.2) is 36.5 Å². The Bertz CT molecular complexity index is 573. The Labute approximate surface area is 108 Å². The first-order valence-electron chi connectivity index (χ1n) is 6.97. The van der Waals surface area contributed by atoms with Crippen molar-refractivity contribution in [3.8, 4) is 0 Å². The third-order valence-corrected chi connectivity index (χ3v) is 4.64. The molecule has 0 amide bonds. The molecule has 2 aromatic rings. The summed E-state index contributed by atoms with van der Waals surface area (Å²) in [6, 6.07) is 11.5. The second-order valence-corrected chi connectivity index (χ2v) is 5.75. The SMILES string of the molecule is c1ccc2c(CN3CC4CCC3C4)ccnc2c1. The van der Waals surface area contributed by atoms with Gasteiger partial charge in [0, 0.05) is 30.7 Å². The number of aromatic nitrogens is 1. The molecule has 1 saturated heterocycles. The molecule has 2 bridgehead atoms. The van der Waals surface area contributed by atoms with Crippen LogP contribution in [0.3, 0.4) is 0 Å². The van der Waals surface area contributed by atoms with Gasteiger partial charge in [0.05, 0.1) is 5.52 Å². The van der Waals surface area contributed by atoms with Gasteiger partial charge in [0.2, 0.25) is 0 Å². The topological polar surface area (TPSA) is 16.1 Å². The maximum atomic E-state index is 4.45. The van der Waals surface area contributed by atoms with E-state index in [0.29, 0.717) is 0 Å². The molecule has 1 aromatic carbocycles. The molecule has 2 aliphatic rings. The molecule has 2 fully saturated rings. The number of nitrogens with zero attached hydrogens (tertiary/aromatic N) is 2. The predicted octanol–water partition coefficient (Wildman–Crippen LogP) is 3.22. The maximum absolute atomic E-state index is 4.45. The highest BCUT2D eigenvalue weighted by Crippen LogP contribution is 2.38. The van der Waals surface area contributed by atoms with Gasteiger partial charge in [-0.25, -0.2) is 0 Å². The first kappa shape index (κ1) is 10.5. The van der Waals surface area contributed by atoms with Crippen LogP contribution in [0.1, 0.15) is 24.8 Å². The largest absolute Gasteiger partial charge is 0.296 e. The Morgan fingerprint density at radius 1 is 1.17 bits per heavy atom. The van der Waals surface area contributed by atoms with E-state index < -0.39 is 0 Å². The lowest BCUT2D eigenvalue weighted by molar-refractivity contribution is 0.206. The van der Waals surface area contributed by atoms with Gasteiger partial charge >= 0.3 is 0 Å². The predicted molar refractivity (Wildman–Crippen MR) is 73.3 cm³/mol. The quantitative estimate of drug-likeness (QED) is 0.798. The van der Waals surface area contributed by atoms with Crippen LogP contribution >= 0.6 is 0 Å². The molecule has 92 valence electrons. The van der Waals surface area contributed by atoms with Crippen molar-refractivity contribution in [2.24, 2.45) is 5.92 Å². The molecule has 18 heavy (non-hydrogen) atoms. The molecule has 2 heteroatoms. The first-order chi connectivity index (χ1) is 8.90. The highest BCUT2D eigenvalue weighted by atomic mass is 15.2. The van der Waals surface area contributed by atoms with Crippen molar-refractivity contribution >= 4 is 10.9 Å². The molecule has 1 aliphatic heterocycles. The van der Waals surface area contributed by atoms with Gasteiger partial charge < -0.3 is 0 Å². The smallest absolute Gasteiger partial charge is 0.0705 e. The molecule has 1 aromatic heterocycles. The summed E-state index contributed by atoms with van der Waals surface area (Å²) in [5, 5.41) is 1.32. The molecule has 0 radical (unpaired) electrons. The van der Waals surface area contributed by atoms with Gasteiger partial charge in [-0.2, -0.15) is 0 Å². The van der Waals surface area contributed by atoms with Gasteiger partial charge in [0.1, 0.15) is 0 Å². The van der Waals surface area contributed by atoms with Crippen molar-refractivity contribution in [2.75, 3.05) is 6.54 Å². The van der Waals surface area contributed by atoms with Crippen LogP contribution in [0.2, 0.25) is 0 Å². The van der Waals surface area contributed by atoms with E-state index >= 15 is 0 Å². The zero-order valence-electron chi connectivity index (χ0n) is 10.5. The third kappa shape index (κ3) is 1.64. The summed E-state index contributed by atoms with van der Waals surface area (Å²) in [6.45, 7) is 2.41. The summed E-state index contributed by atoms with van der Waals surface area (Å²) in [7, 11) is 0. The van der Waals surface area contributed by atoms with Crippen LogP contribution in [0, 0.1) is 5.92 Å². The minimum atomic E-state index is 0.849. The summed E-state index contributed by atoms with van der Waals surface area (Å²) in [5.74, 6) is 0.975. The fourth-order valence-corrected chi connectivity index (χ4v) is 3.73. The molecule has 2 nitrogen and oxygen atoms in total. The van der Waals surface area contributed by atoms with Crippen molar-refractivity contribution in [1.29, 1.82) is 0 Å². The number of hydrogen-bond donors (Lipinski definition) is 0. The number of rotatable bonds is 2. The molecule has 1 aliphatic carbocycles. The summed E-state index contributed by atoms with van der Waals surface area (Å²) >= 11 is 0. The van der Waals surface area contributed by atoms with Gasteiger partial charge in [-0.3, -0.25) is 9.88 Å². The Morgan fingerprint density at radius 3 is 2.94 bits per heavy atom. The second-order valence-electron chi connectivity index (χ2n) is 5.75. The third-order valence-electron chi connectivity index (χ3n) is 4.64. The van der Waals surface area contributed by atoms with Crippen LogP contribution in [0.25, 0.3) is 10.9 Å². The van der Waals surface area contributed by atoms with E-state index in [9.17, 15) is 0 Å². The zero-order valence-corrected chi connectivity index (χ0v) is 10.5. The van der Waals surface area contributed by atoms with Gasteiger partial charge in [-0.05, 0) is 42.9 Å². The normalized spacial score (nSPS) is 27.1. The van der Waals surface area contributed by atoms with Crippen molar-refractivity contribution < 1.29 is 0 Å². The van der Waals surface area contributed by atoms with Crippen molar-refractivity contribution in [1.82, 2.24) is 9.88 Å². The first-order valence-corrected chi connectivity index (χ1v) is 6.97. The Kier molecular flexibility index (Phi) is 2.37. The van der Waals surface area contributed by atoms with Crippen molar-refractivity contribution in [2.45, 2.75) is 31.8 Å². The van der Waals surface area contributed by atoms with Crippen LogP contribution < -0.4 is 0 Å². The number of fused-ring (bicyclic) bond motifs is 3. The molecular formula is C16H18N2. The minimum Gasteiger partial charge on any atom is -0.296 e. The lowest BCUT2D eigenvalue weighted by Gasteiger charge is -2.27. The van der Waals surface area contributed by atoms with E-state index in [1.807, 2.05) is 6.20 Å². The molecule has 2 unspecified atom stereocenters. The number of para-hydroxylation sites is 1. The number of benzene rings is 1. The fraction of sp³-hybridized carbons (Fsp3) is 0.438. The number of pyridine rings is 1. The fourth-order valence-electron chi connectivity index (χ4n) is 3.73. The van der Waals surface area contributed by atoms with E-state index in [0.717, 1.165) is 24.0 Å². The van der Waals surface area contributed by atoms with Crippen LogP contribution in [0.4, 0.5) is 0 Å². The van der Waals surface area contributed by atoms with Gasteiger partial charge in [0.25, 0.3) is 0 Å². The number of hydrogen-bond acceptors (Lipinski definition) is 2. The average molecular weight is 238 g/mol. The van der Waals surface area contributed by atoms with Crippen LogP contribution in [-0.2, 0) is 6.54 Å². The molecule has 2 heterocycles. The highest BCUT2D eigenvalue weighted by molar-refractivity contribution is 5.81. The van der Waals surface area contributed by atoms with E-state index in [-0.39, 0.29) is 0 Å². The zero-order chi connectivity index (χ0) is 11.9. The average Bonchev–Trinajstić information content (AvgIpc) is 3.01. The molecule has 1 saturated carbocycles. The monoisotopic (exact) mass is 238 g/mol. The van der Waals surface area contributed by atoms with E-state index in [1.165, 1.54) is 36.8 Å². The highest BCUT2D eigenvalue weighted by Gasteiger charge is 2.37. The number of piperidine rings is 1. The van der Waals surface area contributed by atoms with Gasteiger partial charge in [0.15, 0.2) is 0 Å². The van der Waals surface area contributed by atoms with Crippen molar-refractivity contribution in [3.05, 3.63) is 42.1 Å². The maximum Gasteiger partial charge on any atom is 0.0705 e. The van der Waals surface area contributed by atoms with E-state index in [2.05, 4.69) is 40.2 Å². The molecule has 4 rings (SSSR count). The van der Waals surface area contributed by atoms with Gasteiger partial charge in [-0.15, -0.1) is 0 Å². The van der Waals surface area contributed by atoms with Crippen molar-refractivity contribution in [3.63, 3.8) is 0 Å². The van der Waals surface area contributed by atoms with Gasteiger partial charge in [-0.1, -0.05) is 18.2 Å². The number of likely N-dealkylation sites (tertiary alicyclic amines) is 1. The van der Waals surface area contributed by atoms with E-state index in [4.69, 9.17) is 0 Å². The lowest BCUT2D eigenvalue weighted by Crippen LogP contribution is -2.31. The standard InChI is InChI=1S/C16H18N2/c1-2-4-16-15(3-1)13(7-8-17-16)11-18-10-12-5-6-14(18)9-12/h1-4,7-8,12,14H,5-6,9-11H2.